The molecule has 3 rings (SSSR count). The maximum Gasteiger partial charge on any atom is 0.303 e. The van der Waals surface area contributed by atoms with E-state index in [0.29, 0.717) is 24.1 Å². The van der Waals surface area contributed by atoms with Crippen molar-refractivity contribution in [2.24, 2.45) is 0 Å². The average Bonchev–Trinajstić information content (AvgIpc) is 2.89. The Morgan fingerprint density at radius 3 is 2.95 bits per heavy atom. The van der Waals surface area contributed by atoms with Crippen molar-refractivity contribution >= 4 is 22.6 Å². The van der Waals surface area contributed by atoms with Crippen LogP contribution in [0.1, 0.15) is 12.8 Å². The topological polar surface area (TPSA) is 102 Å². The smallest absolute Gasteiger partial charge is 0.303 e. The molecule has 0 spiro atoms. The van der Waals surface area contributed by atoms with Crippen molar-refractivity contribution in [3.8, 4) is 0 Å². The number of carboxylic acid groups (broad SMARTS) is 1. The standard InChI is InChI=1S/C12H11N5O3/c18-10(19)2-1-6-16-7-4-8-11(12(16)20)15-14-9-3-5-13-17(8)9/h3-5,7H,1-2,6H2,(H,18,19). The van der Waals surface area contributed by atoms with Crippen molar-refractivity contribution in [3.63, 3.8) is 0 Å². The van der Waals surface area contributed by atoms with Crippen molar-refractivity contribution in [2.75, 3.05) is 0 Å². The van der Waals surface area contributed by atoms with E-state index in [-0.39, 0.29) is 17.5 Å². The van der Waals surface area contributed by atoms with Gasteiger partial charge in [-0.2, -0.15) is 5.10 Å². The SMILES string of the molecule is O=C(O)CCCn1ccc2c(nnc3ccnn32)c1=O. The van der Waals surface area contributed by atoms with Gasteiger partial charge in [-0.05, 0) is 12.5 Å². The summed E-state index contributed by atoms with van der Waals surface area (Å²) in [5.41, 5.74) is 1.08. The molecule has 3 aromatic heterocycles. The Morgan fingerprint density at radius 1 is 1.30 bits per heavy atom. The minimum Gasteiger partial charge on any atom is -0.481 e. The Morgan fingerprint density at radius 2 is 2.15 bits per heavy atom. The van der Waals surface area contributed by atoms with Crippen molar-refractivity contribution in [1.82, 2.24) is 24.4 Å². The number of carboxylic acids is 1. The summed E-state index contributed by atoms with van der Waals surface area (Å²) in [6, 6.07) is 3.43. The number of hydrogen-bond acceptors (Lipinski definition) is 5. The van der Waals surface area contributed by atoms with Crippen LogP contribution in [0.15, 0.2) is 29.3 Å². The molecule has 0 unspecified atom stereocenters. The molecule has 0 bridgehead atoms. The van der Waals surface area contributed by atoms with E-state index in [1.54, 1.807) is 29.0 Å². The zero-order valence-corrected chi connectivity index (χ0v) is 10.4. The summed E-state index contributed by atoms with van der Waals surface area (Å²) >= 11 is 0. The van der Waals surface area contributed by atoms with Gasteiger partial charge in [0.25, 0.3) is 5.56 Å². The first kappa shape index (κ1) is 12.3. The minimum absolute atomic E-state index is 0.0222. The van der Waals surface area contributed by atoms with Gasteiger partial charge in [0.05, 0.1) is 6.20 Å². The van der Waals surface area contributed by atoms with Gasteiger partial charge in [-0.3, -0.25) is 9.59 Å². The van der Waals surface area contributed by atoms with Gasteiger partial charge in [0.2, 0.25) is 0 Å². The second-order valence-electron chi connectivity index (χ2n) is 4.35. The highest BCUT2D eigenvalue weighted by Crippen LogP contribution is 2.08. The first-order valence-corrected chi connectivity index (χ1v) is 6.08. The maximum atomic E-state index is 12.2. The molecule has 0 aliphatic carbocycles. The molecule has 0 saturated carbocycles. The number of nitrogens with zero attached hydrogens (tertiary/aromatic N) is 5. The third-order valence-corrected chi connectivity index (χ3v) is 3.01. The van der Waals surface area contributed by atoms with Crippen LogP contribution in [-0.4, -0.2) is 35.5 Å². The monoisotopic (exact) mass is 273 g/mol. The summed E-state index contributed by atoms with van der Waals surface area (Å²) in [5, 5.41) is 20.5. The lowest BCUT2D eigenvalue weighted by Crippen LogP contribution is -2.22. The highest BCUT2D eigenvalue weighted by Gasteiger charge is 2.09. The zero-order chi connectivity index (χ0) is 14.1. The number of hydrogen-bond donors (Lipinski definition) is 1. The van der Waals surface area contributed by atoms with Crippen LogP contribution in [0.25, 0.3) is 16.7 Å². The Balaban J connectivity index is 2.04. The molecule has 20 heavy (non-hydrogen) atoms. The van der Waals surface area contributed by atoms with Crippen LogP contribution in [-0.2, 0) is 11.3 Å². The third-order valence-electron chi connectivity index (χ3n) is 3.01. The number of aliphatic carboxylic acids is 1. The second-order valence-corrected chi connectivity index (χ2v) is 4.35. The first-order chi connectivity index (χ1) is 9.66. The number of aromatic nitrogens is 5. The van der Waals surface area contributed by atoms with Gasteiger partial charge in [-0.25, -0.2) is 4.52 Å². The number of aryl methyl sites for hydroxylation is 1. The van der Waals surface area contributed by atoms with E-state index in [1.807, 2.05) is 0 Å². The first-order valence-electron chi connectivity index (χ1n) is 6.08. The van der Waals surface area contributed by atoms with Crippen LogP contribution >= 0.6 is 0 Å². The van der Waals surface area contributed by atoms with E-state index in [9.17, 15) is 9.59 Å². The van der Waals surface area contributed by atoms with Gasteiger partial charge in [-0.1, -0.05) is 0 Å². The van der Waals surface area contributed by atoms with Crippen LogP contribution in [0.2, 0.25) is 0 Å². The Kier molecular flexibility index (Phi) is 2.90. The Labute approximate surface area is 112 Å². The predicted octanol–water partition coefficient (Wildman–Crippen LogP) is 0.304. The summed E-state index contributed by atoms with van der Waals surface area (Å²) in [4.78, 5) is 22.7. The molecule has 1 N–H and O–H groups in total. The van der Waals surface area contributed by atoms with Gasteiger partial charge in [0.1, 0.15) is 5.52 Å². The predicted molar refractivity (Wildman–Crippen MR) is 69.4 cm³/mol. The number of fused-ring (bicyclic) bond motifs is 3. The maximum absolute atomic E-state index is 12.2. The lowest BCUT2D eigenvalue weighted by molar-refractivity contribution is -0.137. The summed E-state index contributed by atoms with van der Waals surface area (Å²) in [7, 11) is 0. The number of rotatable bonds is 4. The van der Waals surface area contributed by atoms with Gasteiger partial charge < -0.3 is 9.67 Å². The van der Waals surface area contributed by atoms with Crippen LogP contribution < -0.4 is 5.56 Å². The van der Waals surface area contributed by atoms with Crippen molar-refractivity contribution in [3.05, 3.63) is 34.9 Å². The summed E-state index contributed by atoms with van der Waals surface area (Å²) in [5.74, 6) is -0.878. The molecule has 0 aliphatic heterocycles. The van der Waals surface area contributed by atoms with Crippen LogP contribution in [0.5, 0.6) is 0 Å². The molecule has 0 fully saturated rings. The molecule has 0 saturated heterocycles. The lowest BCUT2D eigenvalue weighted by Gasteiger charge is -2.06. The zero-order valence-electron chi connectivity index (χ0n) is 10.4. The lowest BCUT2D eigenvalue weighted by atomic mass is 10.3. The van der Waals surface area contributed by atoms with Gasteiger partial charge in [0, 0.05) is 25.2 Å². The molecular weight excluding hydrogens is 262 g/mol. The molecule has 8 heteroatoms. The summed E-state index contributed by atoms with van der Waals surface area (Å²) in [6.07, 6.45) is 3.61. The molecular formula is C12H11N5O3. The fourth-order valence-electron chi connectivity index (χ4n) is 2.05. The van der Waals surface area contributed by atoms with E-state index in [4.69, 9.17) is 5.11 Å². The molecule has 0 aliphatic rings. The van der Waals surface area contributed by atoms with Crippen molar-refractivity contribution < 1.29 is 9.90 Å². The fraction of sp³-hybridized carbons (Fsp3) is 0.250. The van der Waals surface area contributed by atoms with Crippen molar-refractivity contribution in [1.29, 1.82) is 0 Å². The number of pyridine rings is 1. The van der Waals surface area contributed by atoms with Crippen LogP contribution in [0, 0.1) is 0 Å². The molecule has 102 valence electrons. The van der Waals surface area contributed by atoms with E-state index in [2.05, 4.69) is 15.3 Å². The molecule has 0 amide bonds. The van der Waals surface area contributed by atoms with Gasteiger partial charge in [-0.15, -0.1) is 10.2 Å². The van der Waals surface area contributed by atoms with E-state index < -0.39 is 5.97 Å². The highest BCUT2D eigenvalue weighted by molar-refractivity contribution is 5.74. The third kappa shape index (κ3) is 2.00. The molecule has 3 aromatic rings. The largest absolute Gasteiger partial charge is 0.481 e. The summed E-state index contributed by atoms with van der Waals surface area (Å²) < 4.78 is 2.99. The number of carbonyl (C=O) groups is 1. The van der Waals surface area contributed by atoms with Crippen LogP contribution in [0.3, 0.4) is 0 Å². The van der Waals surface area contributed by atoms with Crippen LogP contribution in [0.4, 0.5) is 0 Å². The Hall–Kier alpha value is -2.77. The molecule has 8 nitrogen and oxygen atoms in total. The molecule has 0 aromatic carbocycles. The molecule has 0 atom stereocenters. The van der Waals surface area contributed by atoms with Gasteiger partial charge in [0.15, 0.2) is 11.2 Å². The highest BCUT2D eigenvalue weighted by atomic mass is 16.4. The quantitative estimate of drug-likeness (QED) is 0.733. The van der Waals surface area contributed by atoms with E-state index in [0.717, 1.165) is 0 Å². The van der Waals surface area contributed by atoms with Crippen molar-refractivity contribution in [2.45, 2.75) is 19.4 Å². The van der Waals surface area contributed by atoms with E-state index >= 15 is 0 Å². The fourth-order valence-corrected chi connectivity index (χ4v) is 2.05. The second kappa shape index (κ2) is 4.72. The Bertz CT molecular complexity index is 851. The average molecular weight is 273 g/mol. The normalized spacial score (nSPS) is 11.2. The molecule has 3 heterocycles. The molecule has 0 radical (unpaired) electrons. The summed E-state index contributed by atoms with van der Waals surface area (Å²) in [6.45, 7) is 0.333. The minimum atomic E-state index is -0.878. The van der Waals surface area contributed by atoms with Gasteiger partial charge >= 0.3 is 5.97 Å². The van der Waals surface area contributed by atoms with E-state index in [1.165, 1.54) is 4.57 Å².